The van der Waals surface area contributed by atoms with E-state index in [1.807, 2.05) is 30.3 Å². The van der Waals surface area contributed by atoms with Crippen molar-refractivity contribution in [2.75, 3.05) is 6.61 Å². The smallest absolute Gasteiger partial charge is 0.119 e. The van der Waals surface area contributed by atoms with Gasteiger partial charge in [0.2, 0.25) is 0 Å². The van der Waals surface area contributed by atoms with Gasteiger partial charge in [-0.3, -0.25) is 6.08 Å². The third-order valence-electron chi connectivity index (χ3n) is 5.19. The fourth-order valence-electron chi connectivity index (χ4n) is 2.67. The Balaban J connectivity index is 0. The standard InChI is InChI=1S/C17H24O.C9H13.C2H7Si.Ti/c1-6-14(2)12-15(17(3,4)5)13-18-16-10-8-7-9-11-16;1-6-5-7(2)9(4)8(6)3;1-3-2;/h6-12H,13H2,1-5H3;6H,1-4H3;3H,1-2H3;/q;-1;;. The summed E-state index contributed by atoms with van der Waals surface area (Å²) in [7, 11) is 0.750. The Labute approximate surface area is 210 Å². The molecule has 171 valence electrons. The zero-order chi connectivity index (χ0) is 23.3. The van der Waals surface area contributed by atoms with Gasteiger partial charge in [0.15, 0.2) is 0 Å². The molecule has 31 heavy (non-hydrogen) atoms. The van der Waals surface area contributed by atoms with E-state index in [0.717, 1.165) is 15.3 Å². The molecule has 0 aliphatic heterocycles. The molecule has 1 aromatic carbocycles. The number of allylic oxidation sites excluding steroid dienone is 7. The second-order valence-electron chi connectivity index (χ2n) is 8.93. The molecular weight excluding hydrogens is 428 g/mol. The summed E-state index contributed by atoms with van der Waals surface area (Å²) >= 11 is 0. The average Bonchev–Trinajstić information content (AvgIpc) is 2.91. The summed E-state index contributed by atoms with van der Waals surface area (Å²) in [6, 6.07) is 9.96. The summed E-state index contributed by atoms with van der Waals surface area (Å²) in [4.78, 5) is 0. The van der Waals surface area contributed by atoms with Crippen LogP contribution in [0.2, 0.25) is 13.1 Å². The van der Waals surface area contributed by atoms with Gasteiger partial charge in [-0.15, -0.1) is 6.92 Å². The molecule has 0 saturated carbocycles. The van der Waals surface area contributed by atoms with Crippen LogP contribution in [-0.4, -0.2) is 16.1 Å². The van der Waals surface area contributed by atoms with Gasteiger partial charge in [-0.1, -0.05) is 96.5 Å². The van der Waals surface area contributed by atoms with E-state index >= 15 is 0 Å². The van der Waals surface area contributed by atoms with Crippen molar-refractivity contribution in [1.29, 1.82) is 0 Å². The average molecular weight is 473 g/mol. The van der Waals surface area contributed by atoms with Crippen LogP contribution >= 0.6 is 0 Å². The van der Waals surface area contributed by atoms with Gasteiger partial charge in [0.25, 0.3) is 0 Å². The molecule has 1 aliphatic carbocycles. The second-order valence-corrected chi connectivity index (χ2v) is 10.1. The molecule has 0 N–H and O–H groups in total. The van der Waals surface area contributed by atoms with Crippen LogP contribution in [0.4, 0.5) is 0 Å². The SMILES string of the molecule is CC1=[C-]C(C)C(C)=C1C.CC=C(C)C=C(COc1ccccc1)C(C)(C)C.C[SiH]C.[Ti]. The molecule has 0 aromatic heterocycles. The first kappa shape index (κ1) is 32.1. The zero-order valence-electron chi connectivity index (χ0n) is 21.8. The maximum Gasteiger partial charge on any atom is 0.119 e. The largest absolute Gasteiger partial charge is 0.489 e. The third kappa shape index (κ3) is 13.1. The first-order valence-electron chi connectivity index (χ1n) is 11.0. The van der Waals surface area contributed by atoms with Crippen molar-refractivity contribution in [3.8, 4) is 5.75 Å². The minimum absolute atomic E-state index is 0. The van der Waals surface area contributed by atoms with Crippen LogP contribution in [0.15, 0.2) is 70.3 Å². The van der Waals surface area contributed by atoms with Crippen molar-refractivity contribution in [3.63, 3.8) is 0 Å². The molecule has 0 bridgehead atoms. The molecule has 1 aromatic rings. The maximum absolute atomic E-state index is 5.84. The summed E-state index contributed by atoms with van der Waals surface area (Å²) in [5.41, 5.74) is 6.95. The van der Waals surface area contributed by atoms with E-state index in [1.54, 1.807) is 0 Å². The molecule has 0 saturated heterocycles. The van der Waals surface area contributed by atoms with Crippen LogP contribution in [0.5, 0.6) is 5.75 Å². The summed E-state index contributed by atoms with van der Waals surface area (Å²) in [5.74, 6) is 1.48. The molecular formula is C28H44OSiTi-. The first-order valence-corrected chi connectivity index (χ1v) is 13.3. The number of ether oxygens (including phenoxy) is 1. The number of benzene rings is 1. The predicted octanol–water partition coefficient (Wildman–Crippen LogP) is 8.24. The van der Waals surface area contributed by atoms with E-state index in [2.05, 4.69) is 93.6 Å². The van der Waals surface area contributed by atoms with Crippen LogP contribution in [0.3, 0.4) is 0 Å². The molecule has 0 amide bonds. The van der Waals surface area contributed by atoms with E-state index in [-0.39, 0.29) is 27.1 Å². The van der Waals surface area contributed by atoms with Gasteiger partial charge in [0, 0.05) is 31.2 Å². The minimum atomic E-state index is 0. The summed E-state index contributed by atoms with van der Waals surface area (Å²) in [5, 5.41) is 0. The van der Waals surface area contributed by atoms with Crippen molar-refractivity contribution < 1.29 is 26.5 Å². The minimum Gasteiger partial charge on any atom is -0.489 e. The Hall–Kier alpha value is -1.09. The zero-order valence-corrected chi connectivity index (χ0v) is 24.5. The number of hydrogen-bond acceptors (Lipinski definition) is 1. The normalized spacial score (nSPS) is 16.4. The van der Waals surface area contributed by atoms with Crippen LogP contribution in [0.1, 0.15) is 62.3 Å². The Morgan fingerprint density at radius 2 is 1.61 bits per heavy atom. The summed E-state index contributed by atoms with van der Waals surface area (Å²) in [6.07, 6.45) is 7.70. The molecule has 1 atom stereocenters. The Kier molecular flexibility index (Phi) is 17.1. The quantitative estimate of drug-likeness (QED) is 0.244. The van der Waals surface area contributed by atoms with Gasteiger partial charge in [-0.05, 0) is 37.0 Å². The molecule has 2 rings (SSSR count). The maximum atomic E-state index is 5.84. The fourth-order valence-corrected chi connectivity index (χ4v) is 2.67. The Morgan fingerprint density at radius 1 is 1.10 bits per heavy atom. The molecule has 0 spiro atoms. The van der Waals surface area contributed by atoms with Crippen LogP contribution in [0, 0.1) is 17.4 Å². The van der Waals surface area contributed by atoms with Gasteiger partial charge in [-0.25, -0.2) is 5.57 Å². The molecule has 1 nitrogen and oxygen atoms in total. The number of hydrogen-bond donors (Lipinski definition) is 0. The van der Waals surface area contributed by atoms with Gasteiger partial charge >= 0.3 is 0 Å². The van der Waals surface area contributed by atoms with E-state index in [4.69, 9.17) is 4.74 Å². The molecule has 1 radical (unpaired) electrons. The van der Waals surface area contributed by atoms with E-state index < -0.39 is 0 Å². The molecule has 0 heterocycles. The topological polar surface area (TPSA) is 9.23 Å². The second kappa shape index (κ2) is 16.5. The number of para-hydroxylation sites is 1. The third-order valence-corrected chi connectivity index (χ3v) is 5.19. The van der Waals surface area contributed by atoms with Gasteiger partial charge in [-0.2, -0.15) is 11.1 Å². The Morgan fingerprint density at radius 3 is 1.94 bits per heavy atom. The summed E-state index contributed by atoms with van der Waals surface area (Å²) < 4.78 is 5.84. The number of rotatable bonds is 4. The van der Waals surface area contributed by atoms with Crippen LogP contribution in [0.25, 0.3) is 0 Å². The monoisotopic (exact) mass is 472 g/mol. The Bertz CT molecular complexity index is 749. The van der Waals surface area contributed by atoms with Crippen LogP contribution in [-0.2, 0) is 21.7 Å². The van der Waals surface area contributed by atoms with Crippen molar-refractivity contribution in [2.24, 2.45) is 11.3 Å². The molecule has 1 aliphatic rings. The van der Waals surface area contributed by atoms with E-state index in [0.29, 0.717) is 12.5 Å². The van der Waals surface area contributed by atoms with Gasteiger partial charge in [0.1, 0.15) is 12.4 Å². The van der Waals surface area contributed by atoms with Crippen molar-refractivity contribution in [2.45, 2.75) is 75.4 Å². The van der Waals surface area contributed by atoms with E-state index in [9.17, 15) is 0 Å². The predicted molar refractivity (Wildman–Crippen MR) is 138 cm³/mol. The van der Waals surface area contributed by atoms with Crippen LogP contribution < -0.4 is 4.74 Å². The first-order chi connectivity index (χ1) is 14.0. The fraction of sp³-hybridized carbons (Fsp3) is 0.500. The van der Waals surface area contributed by atoms with Gasteiger partial charge in [0.05, 0.1) is 0 Å². The van der Waals surface area contributed by atoms with E-state index in [1.165, 1.54) is 27.9 Å². The van der Waals surface area contributed by atoms with Crippen molar-refractivity contribution in [3.05, 3.63) is 76.4 Å². The van der Waals surface area contributed by atoms with Crippen molar-refractivity contribution >= 4 is 9.52 Å². The molecule has 3 heteroatoms. The van der Waals surface area contributed by atoms with Crippen molar-refractivity contribution in [1.82, 2.24) is 0 Å². The molecule has 0 fully saturated rings. The van der Waals surface area contributed by atoms with Gasteiger partial charge < -0.3 is 4.74 Å². The summed E-state index contributed by atoms with van der Waals surface area (Å²) in [6.45, 7) is 24.6. The molecule has 1 unspecified atom stereocenters.